The maximum atomic E-state index is 13.0. The van der Waals surface area contributed by atoms with E-state index in [9.17, 15) is 19.2 Å². The summed E-state index contributed by atoms with van der Waals surface area (Å²) in [5.74, 6) is -1.13. The molecule has 1 aliphatic carbocycles. The van der Waals surface area contributed by atoms with Gasteiger partial charge in [-0.25, -0.2) is 0 Å². The molecule has 1 saturated carbocycles. The molecule has 0 bridgehead atoms. The molecule has 38 heavy (non-hydrogen) atoms. The van der Waals surface area contributed by atoms with Gasteiger partial charge in [-0.15, -0.1) is 0 Å². The molecule has 0 aliphatic heterocycles. The standard InChI is InChI=1S/C29H47BrO8/c1-5-7-9-14-24(36-27(32)17-23(6-2)35-4)18-28(33)37-25(16-22-12-10-8-11-13-22)19-29(34)38-26(20-30)15-21(3)31/h7,9,22-26H,5-6,8,10-20H2,1-4H3. The zero-order valence-electron chi connectivity index (χ0n) is 23.6. The molecule has 9 heteroatoms. The van der Waals surface area contributed by atoms with E-state index >= 15 is 0 Å². The monoisotopic (exact) mass is 602 g/mol. The van der Waals surface area contributed by atoms with Gasteiger partial charge in [0.05, 0.1) is 25.4 Å². The Bertz CT molecular complexity index is 743. The van der Waals surface area contributed by atoms with Gasteiger partial charge in [0, 0.05) is 25.3 Å². The number of alkyl halides is 1. The molecule has 8 nitrogen and oxygen atoms in total. The Hall–Kier alpha value is -1.74. The van der Waals surface area contributed by atoms with Crippen molar-refractivity contribution in [3.8, 4) is 0 Å². The number of carbonyl (C=O) groups excluding carboxylic acids is 4. The van der Waals surface area contributed by atoms with E-state index in [0.717, 1.165) is 32.1 Å². The van der Waals surface area contributed by atoms with Crippen LogP contribution in [0.2, 0.25) is 0 Å². The van der Waals surface area contributed by atoms with E-state index in [0.29, 0.717) is 30.5 Å². The predicted octanol–water partition coefficient (Wildman–Crippen LogP) is 6.02. The molecule has 1 rings (SSSR count). The fourth-order valence-corrected chi connectivity index (χ4v) is 5.02. The predicted molar refractivity (Wildman–Crippen MR) is 149 cm³/mol. The Morgan fingerprint density at radius 2 is 1.34 bits per heavy atom. The Labute approximate surface area is 236 Å². The highest BCUT2D eigenvalue weighted by molar-refractivity contribution is 9.09. The molecule has 0 spiro atoms. The van der Waals surface area contributed by atoms with Crippen LogP contribution in [0.1, 0.15) is 104 Å². The van der Waals surface area contributed by atoms with Gasteiger partial charge in [-0.1, -0.05) is 74.0 Å². The number of allylic oxidation sites excluding steroid dienone is 1. The van der Waals surface area contributed by atoms with Gasteiger partial charge in [0.2, 0.25) is 0 Å². The lowest BCUT2D eigenvalue weighted by atomic mass is 9.85. The molecule has 1 fully saturated rings. The second-order valence-electron chi connectivity index (χ2n) is 10.1. The molecule has 4 unspecified atom stereocenters. The minimum absolute atomic E-state index is 0.0686. The molecule has 1 aliphatic rings. The number of rotatable bonds is 19. The first kappa shape index (κ1) is 34.3. The van der Waals surface area contributed by atoms with Crippen LogP contribution in [0.3, 0.4) is 0 Å². The topological polar surface area (TPSA) is 105 Å². The summed E-state index contributed by atoms with van der Waals surface area (Å²) < 4.78 is 22.2. The van der Waals surface area contributed by atoms with Crippen molar-refractivity contribution < 1.29 is 38.1 Å². The Morgan fingerprint density at radius 1 is 0.789 bits per heavy atom. The number of hydrogen-bond acceptors (Lipinski definition) is 8. The van der Waals surface area contributed by atoms with Crippen molar-refractivity contribution in [2.75, 3.05) is 12.4 Å². The largest absolute Gasteiger partial charge is 0.462 e. The Balaban J connectivity index is 2.85. The van der Waals surface area contributed by atoms with Gasteiger partial charge in [-0.2, -0.15) is 0 Å². The fourth-order valence-electron chi connectivity index (χ4n) is 4.66. The van der Waals surface area contributed by atoms with Crippen LogP contribution in [0.15, 0.2) is 12.2 Å². The van der Waals surface area contributed by atoms with E-state index in [1.54, 1.807) is 7.11 Å². The molecule has 0 saturated heterocycles. The summed E-state index contributed by atoms with van der Waals surface area (Å²) in [6.45, 7) is 5.38. The zero-order chi connectivity index (χ0) is 28.3. The molecule has 0 N–H and O–H groups in total. The molecule has 0 aromatic heterocycles. The van der Waals surface area contributed by atoms with Crippen LogP contribution in [-0.4, -0.2) is 60.5 Å². The highest BCUT2D eigenvalue weighted by Gasteiger charge is 2.28. The maximum Gasteiger partial charge on any atom is 0.309 e. The smallest absolute Gasteiger partial charge is 0.309 e. The first-order valence-electron chi connectivity index (χ1n) is 14.0. The van der Waals surface area contributed by atoms with Crippen molar-refractivity contribution >= 4 is 39.6 Å². The van der Waals surface area contributed by atoms with Crippen molar-refractivity contribution in [1.29, 1.82) is 0 Å². The highest BCUT2D eigenvalue weighted by atomic mass is 79.9. The molecule has 218 valence electrons. The van der Waals surface area contributed by atoms with Crippen LogP contribution in [-0.2, 0) is 38.1 Å². The van der Waals surface area contributed by atoms with Crippen molar-refractivity contribution in [2.45, 2.75) is 129 Å². The van der Waals surface area contributed by atoms with E-state index in [-0.39, 0.29) is 37.6 Å². The third-order valence-corrected chi connectivity index (χ3v) is 7.40. The first-order chi connectivity index (χ1) is 18.2. The minimum Gasteiger partial charge on any atom is -0.462 e. The number of halogens is 1. The van der Waals surface area contributed by atoms with Gasteiger partial charge in [0.15, 0.2) is 0 Å². The molecule has 0 radical (unpaired) electrons. The lowest BCUT2D eigenvalue weighted by molar-refractivity contribution is -0.162. The number of methoxy groups -OCH3 is 1. The third kappa shape index (κ3) is 15.6. The van der Waals surface area contributed by atoms with Crippen molar-refractivity contribution in [2.24, 2.45) is 5.92 Å². The Morgan fingerprint density at radius 3 is 1.87 bits per heavy atom. The molecule has 0 amide bonds. The van der Waals surface area contributed by atoms with E-state index in [2.05, 4.69) is 15.9 Å². The number of Topliss-reactive ketones (excluding diaryl/α,β-unsaturated/α-hetero) is 1. The average molecular weight is 604 g/mol. The molecule has 4 atom stereocenters. The maximum absolute atomic E-state index is 13.0. The number of carbonyl (C=O) groups is 4. The molecular formula is C29H47BrO8. The van der Waals surface area contributed by atoms with Gasteiger partial charge >= 0.3 is 17.9 Å². The van der Waals surface area contributed by atoms with E-state index in [1.807, 2.05) is 26.0 Å². The van der Waals surface area contributed by atoms with E-state index < -0.39 is 36.2 Å². The Kier molecular flexibility index (Phi) is 18.2. The summed E-state index contributed by atoms with van der Waals surface area (Å²) in [6.07, 6.45) is 9.84. The van der Waals surface area contributed by atoms with E-state index in [4.69, 9.17) is 18.9 Å². The first-order valence-corrected chi connectivity index (χ1v) is 15.1. The van der Waals surface area contributed by atoms with Gasteiger partial charge in [-0.05, 0) is 32.1 Å². The van der Waals surface area contributed by atoms with Gasteiger partial charge < -0.3 is 18.9 Å². The zero-order valence-corrected chi connectivity index (χ0v) is 25.2. The summed E-state index contributed by atoms with van der Waals surface area (Å²) in [5, 5.41) is 0.353. The van der Waals surface area contributed by atoms with Crippen LogP contribution >= 0.6 is 15.9 Å². The summed E-state index contributed by atoms with van der Waals surface area (Å²) in [5.41, 5.74) is 0. The minimum atomic E-state index is -0.664. The van der Waals surface area contributed by atoms with Gasteiger partial charge in [-0.3, -0.25) is 19.2 Å². The number of ether oxygens (including phenoxy) is 4. The van der Waals surface area contributed by atoms with Crippen molar-refractivity contribution in [3.05, 3.63) is 12.2 Å². The van der Waals surface area contributed by atoms with Crippen LogP contribution in [0.5, 0.6) is 0 Å². The third-order valence-electron chi connectivity index (χ3n) is 6.68. The molecule has 0 aromatic rings. The van der Waals surface area contributed by atoms with Crippen LogP contribution < -0.4 is 0 Å². The number of ketones is 1. The highest BCUT2D eigenvalue weighted by Crippen LogP contribution is 2.29. The molecule has 0 heterocycles. The van der Waals surface area contributed by atoms with Gasteiger partial charge in [0.25, 0.3) is 0 Å². The summed E-state index contributed by atoms with van der Waals surface area (Å²) in [4.78, 5) is 49.6. The quantitative estimate of drug-likeness (QED) is 0.0765. The van der Waals surface area contributed by atoms with Crippen LogP contribution in [0.4, 0.5) is 0 Å². The normalized spacial score (nSPS) is 17.4. The molecule has 0 aromatic carbocycles. The number of hydrogen-bond donors (Lipinski definition) is 0. The fraction of sp³-hybridized carbons (Fsp3) is 0.793. The van der Waals surface area contributed by atoms with Gasteiger partial charge in [0.1, 0.15) is 24.1 Å². The SMILES string of the molecule is CCC=CCC(CC(=O)OC(CC(=O)OC(CBr)CC(C)=O)CC1CCCCC1)OC(=O)CC(CC)OC. The second-order valence-corrected chi connectivity index (χ2v) is 10.8. The van der Waals surface area contributed by atoms with Crippen LogP contribution in [0.25, 0.3) is 0 Å². The summed E-state index contributed by atoms with van der Waals surface area (Å²) >= 11 is 3.29. The van der Waals surface area contributed by atoms with Crippen LogP contribution in [0, 0.1) is 5.92 Å². The lowest BCUT2D eigenvalue weighted by Crippen LogP contribution is -2.31. The average Bonchev–Trinajstić information content (AvgIpc) is 2.87. The van der Waals surface area contributed by atoms with Crippen molar-refractivity contribution in [1.82, 2.24) is 0 Å². The van der Waals surface area contributed by atoms with Crippen molar-refractivity contribution in [3.63, 3.8) is 0 Å². The summed E-state index contributed by atoms with van der Waals surface area (Å²) in [6, 6.07) is 0. The second kappa shape index (κ2) is 20.2. The molecular weight excluding hydrogens is 556 g/mol. The number of esters is 3. The lowest BCUT2D eigenvalue weighted by Gasteiger charge is -2.27. The van der Waals surface area contributed by atoms with E-state index in [1.165, 1.54) is 13.3 Å². The summed E-state index contributed by atoms with van der Waals surface area (Å²) in [7, 11) is 1.55.